The molecule has 0 unspecified atom stereocenters. The van der Waals surface area contributed by atoms with E-state index in [1.807, 2.05) is 12.1 Å². The number of carboxylic acid groups (broad SMARTS) is 1. The number of benzene rings is 2. The van der Waals surface area contributed by atoms with E-state index in [4.69, 9.17) is 9.84 Å². The van der Waals surface area contributed by atoms with Crippen LogP contribution in [0, 0.1) is 0 Å². The molecule has 0 aliphatic carbocycles. The topological polar surface area (TPSA) is 46.5 Å². The van der Waals surface area contributed by atoms with Gasteiger partial charge >= 0.3 is 5.97 Å². The summed E-state index contributed by atoms with van der Waals surface area (Å²) in [7, 11) is 1.68. The van der Waals surface area contributed by atoms with Crippen LogP contribution < -0.4 is 4.74 Å². The van der Waals surface area contributed by atoms with Crippen LogP contribution in [0.5, 0.6) is 5.75 Å². The zero-order valence-electron chi connectivity index (χ0n) is 12.6. The van der Waals surface area contributed by atoms with Crippen LogP contribution in [0.1, 0.15) is 18.4 Å². The van der Waals surface area contributed by atoms with E-state index in [0.717, 1.165) is 17.9 Å². The summed E-state index contributed by atoms with van der Waals surface area (Å²) in [6.07, 6.45) is 3.96. The number of thioether (sulfide) groups is 1. The van der Waals surface area contributed by atoms with E-state index in [1.54, 1.807) is 18.9 Å². The molecule has 0 aliphatic rings. The highest BCUT2D eigenvalue weighted by Gasteiger charge is 1.98. The van der Waals surface area contributed by atoms with E-state index in [1.165, 1.54) is 16.3 Å². The zero-order chi connectivity index (χ0) is 15.8. The van der Waals surface area contributed by atoms with Crippen molar-refractivity contribution in [3.63, 3.8) is 0 Å². The van der Waals surface area contributed by atoms with Gasteiger partial charge in [-0.15, -0.1) is 11.8 Å². The van der Waals surface area contributed by atoms with Gasteiger partial charge in [0.15, 0.2) is 0 Å². The maximum absolute atomic E-state index is 10.4. The van der Waals surface area contributed by atoms with Gasteiger partial charge in [0.25, 0.3) is 0 Å². The van der Waals surface area contributed by atoms with Gasteiger partial charge < -0.3 is 9.84 Å². The molecule has 4 heteroatoms. The van der Waals surface area contributed by atoms with Crippen LogP contribution in [0.3, 0.4) is 0 Å². The Hall–Kier alpha value is -1.94. The maximum Gasteiger partial charge on any atom is 0.303 e. The van der Waals surface area contributed by atoms with Gasteiger partial charge in [-0.05, 0) is 52.5 Å². The van der Waals surface area contributed by atoms with Gasteiger partial charge in [-0.1, -0.05) is 30.3 Å². The number of rotatable bonds is 8. The number of methoxy groups -OCH3 is 1. The first-order chi connectivity index (χ1) is 10.7. The first-order valence-electron chi connectivity index (χ1n) is 7.24. The van der Waals surface area contributed by atoms with Crippen LogP contribution in [0.4, 0.5) is 0 Å². The summed E-state index contributed by atoms with van der Waals surface area (Å²) >= 11 is 1.66. The number of carbonyl (C=O) groups is 1. The minimum atomic E-state index is -0.725. The summed E-state index contributed by atoms with van der Waals surface area (Å²) in [5, 5.41) is 13.0. The molecule has 1 N–H and O–H groups in total. The molecule has 0 aromatic heterocycles. The van der Waals surface area contributed by atoms with Crippen LogP contribution in [0.25, 0.3) is 10.8 Å². The fourth-order valence-corrected chi connectivity index (χ4v) is 2.83. The lowest BCUT2D eigenvalue weighted by molar-refractivity contribution is -0.137. The first kappa shape index (κ1) is 16.4. The Labute approximate surface area is 135 Å². The Kier molecular flexibility index (Phi) is 6.34. The smallest absolute Gasteiger partial charge is 0.303 e. The standard InChI is InChI=1S/C18H20O3S/c1-21-17-9-8-15-12-14(6-7-16(15)13-17)4-2-10-22-11-3-5-18(19)20/h2,6-10,12-13H,3-5,11H2,1H3,(H,19,20)/b10-2+. The minimum absolute atomic E-state index is 0.245. The van der Waals surface area contributed by atoms with E-state index in [9.17, 15) is 4.79 Å². The summed E-state index contributed by atoms with van der Waals surface area (Å²) in [6, 6.07) is 12.5. The molecule has 22 heavy (non-hydrogen) atoms. The average Bonchev–Trinajstić information content (AvgIpc) is 2.53. The molecule has 3 nitrogen and oxygen atoms in total. The Bertz CT molecular complexity index is 664. The number of carboxylic acids is 1. The van der Waals surface area contributed by atoms with E-state index < -0.39 is 5.97 Å². The summed E-state index contributed by atoms with van der Waals surface area (Å²) in [4.78, 5) is 10.4. The van der Waals surface area contributed by atoms with Gasteiger partial charge in [0.05, 0.1) is 7.11 Å². The van der Waals surface area contributed by atoms with Crippen molar-refractivity contribution < 1.29 is 14.6 Å². The zero-order valence-corrected chi connectivity index (χ0v) is 13.4. The molecule has 0 atom stereocenters. The maximum atomic E-state index is 10.4. The molecular formula is C18H20O3S. The molecule has 2 rings (SSSR count). The summed E-state index contributed by atoms with van der Waals surface area (Å²) in [5.74, 6) is 0.996. The largest absolute Gasteiger partial charge is 0.497 e. The Balaban J connectivity index is 1.85. The van der Waals surface area contributed by atoms with Crippen LogP contribution >= 0.6 is 11.8 Å². The normalized spacial score (nSPS) is 11.1. The number of allylic oxidation sites excluding steroid dienone is 1. The van der Waals surface area contributed by atoms with Crippen LogP contribution in [0.2, 0.25) is 0 Å². The molecule has 0 spiro atoms. The van der Waals surface area contributed by atoms with Gasteiger partial charge in [-0.3, -0.25) is 4.79 Å². The number of hydrogen-bond donors (Lipinski definition) is 1. The minimum Gasteiger partial charge on any atom is -0.497 e. The van der Waals surface area contributed by atoms with Crippen molar-refractivity contribution in [3.05, 3.63) is 53.4 Å². The Morgan fingerprint density at radius 3 is 2.77 bits per heavy atom. The van der Waals surface area contributed by atoms with Gasteiger partial charge in [0, 0.05) is 6.42 Å². The van der Waals surface area contributed by atoms with E-state index >= 15 is 0 Å². The van der Waals surface area contributed by atoms with Gasteiger partial charge in [0.2, 0.25) is 0 Å². The van der Waals surface area contributed by atoms with Crippen LogP contribution in [-0.4, -0.2) is 23.9 Å². The van der Waals surface area contributed by atoms with Crippen molar-refractivity contribution in [3.8, 4) is 5.75 Å². The average molecular weight is 316 g/mol. The van der Waals surface area contributed by atoms with Crippen molar-refractivity contribution in [2.24, 2.45) is 0 Å². The molecule has 2 aromatic carbocycles. The molecule has 0 amide bonds. The second kappa shape index (κ2) is 8.49. The number of aliphatic carboxylic acids is 1. The molecule has 116 valence electrons. The number of ether oxygens (including phenoxy) is 1. The van der Waals surface area contributed by atoms with Crippen molar-refractivity contribution in [2.75, 3.05) is 12.9 Å². The molecule has 0 aliphatic heterocycles. The monoisotopic (exact) mass is 316 g/mol. The third kappa shape index (κ3) is 5.11. The predicted molar refractivity (Wildman–Crippen MR) is 92.7 cm³/mol. The molecule has 0 bridgehead atoms. The van der Waals surface area contributed by atoms with E-state index in [-0.39, 0.29) is 6.42 Å². The highest BCUT2D eigenvalue weighted by atomic mass is 32.2. The molecule has 2 aromatic rings. The SMILES string of the molecule is COc1ccc2cc(C/C=C/SCCCC(=O)O)ccc2c1. The molecule has 0 saturated heterocycles. The van der Waals surface area contributed by atoms with E-state index in [0.29, 0.717) is 6.42 Å². The summed E-state index contributed by atoms with van der Waals surface area (Å²) in [6.45, 7) is 0. The predicted octanol–water partition coefficient (Wildman–Crippen LogP) is 4.50. The van der Waals surface area contributed by atoms with Crippen LogP contribution in [0.15, 0.2) is 47.9 Å². The van der Waals surface area contributed by atoms with Gasteiger partial charge in [-0.25, -0.2) is 0 Å². The third-order valence-corrected chi connectivity index (χ3v) is 4.22. The second-order valence-electron chi connectivity index (χ2n) is 4.99. The first-order valence-corrected chi connectivity index (χ1v) is 8.29. The molecule has 0 fully saturated rings. The Morgan fingerprint density at radius 2 is 2.00 bits per heavy atom. The van der Waals surface area contributed by atoms with Crippen molar-refractivity contribution in [1.29, 1.82) is 0 Å². The van der Waals surface area contributed by atoms with Crippen LogP contribution in [-0.2, 0) is 11.2 Å². The number of fused-ring (bicyclic) bond motifs is 1. The lowest BCUT2D eigenvalue weighted by Crippen LogP contribution is -1.94. The molecular weight excluding hydrogens is 296 g/mol. The fraction of sp³-hybridized carbons (Fsp3) is 0.278. The van der Waals surface area contributed by atoms with Gasteiger partial charge in [-0.2, -0.15) is 0 Å². The molecule has 0 heterocycles. The fourth-order valence-electron chi connectivity index (χ4n) is 2.15. The highest BCUT2D eigenvalue weighted by molar-refractivity contribution is 8.02. The molecule has 0 saturated carbocycles. The van der Waals surface area contributed by atoms with Crippen molar-refractivity contribution >= 4 is 28.5 Å². The lowest BCUT2D eigenvalue weighted by atomic mass is 10.0. The second-order valence-corrected chi connectivity index (χ2v) is 6.01. The molecule has 0 radical (unpaired) electrons. The van der Waals surface area contributed by atoms with E-state index in [2.05, 4.69) is 35.7 Å². The van der Waals surface area contributed by atoms with Gasteiger partial charge in [0.1, 0.15) is 5.75 Å². The third-order valence-electron chi connectivity index (χ3n) is 3.31. The quantitative estimate of drug-likeness (QED) is 0.728. The Morgan fingerprint density at radius 1 is 1.23 bits per heavy atom. The van der Waals surface area contributed by atoms with Crippen molar-refractivity contribution in [1.82, 2.24) is 0 Å². The lowest BCUT2D eigenvalue weighted by Gasteiger charge is -2.04. The highest BCUT2D eigenvalue weighted by Crippen LogP contribution is 2.22. The van der Waals surface area contributed by atoms with Crippen molar-refractivity contribution in [2.45, 2.75) is 19.3 Å². The summed E-state index contributed by atoms with van der Waals surface area (Å²) < 4.78 is 5.23. The number of hydrogen-bond acceptors (Lipinski definition) is 3. The summed E-state index contributed by atoms with van der Waals surface area (Å²) in [5.41, 5.74) is 1.26.